The standard InChI is InChI=1S/C23H28F2N2O2/c1-2-29-21-7-3-18(4-8-21)15-27(16-19-5-6-20(24)14-22(19)25)23(28)13-17-9-11-26-12-10-17/h3-8,14,17,26H,2,9-13,15-16H2,1H3. The van der Waals surface area contributed by atoms with E-state index in [4.69, 9.17) is 4.74 Å². The Bertz CT molecular complexity index is 805. The van der Waals surface area contributed by atoms with E-state index in [-0.39, 0.29) is 12.5 Å². The summed E-state index contributed by atoms with van der Waals surface area (Å²) in [4.78, 5) is 14.7. The van der Waals surface area contributed by atoms with E-state index in [2.05, 4.69) is 5.32 Å². The van der Waals surface area contributed by atoms with Crippen LogP contribution in [-0.4, -0.2) is 30.5 Å². The summed E-state index contributed by atoms with van der Waals surface area (Å²) in [5.74, 6) is -0.144. The van der Waals surface area contributed by atoms with E-state index in [1.807, 2.05) is 31.2 Å². The van der Waals surface area contributed by atoms with Crippen LogP contribution < -0.4 is 10.1 Å². The Balaban J connectivity index is 1.74. The number of hydrogen-bond acceptors (Lipinski definition) is 3. The highest BCUT2D eigenvalue weighted by Gasteiger charge is 2.22. The Morgan fingerprint density at radius 2 is 1.83 bits per heavy atom. The lowest BCUT2D eigenvalue weighted by atomic mass is 9.94. The van der Waals surface area contributed by atoms with Crippen LogP contribution in [0.1, 0.15) is 37.3 Å². The van der Waals surface area contributed by atoms with Crippen molar-refractivity contribution in [3.05, 3.63) is 65.2 Å². The van der Waals surface area contributed by atoms with Crippen LogP contribution in [0, 0.1) is 17.6 Å². The minimum absolute atomic E-state index is 0.00508. The predicted molar refractivity (Wildman–Crippen MR) is 108 cm³/mol. The summed E-state index contributed by atoms with van der Waals surface area (Å²) in [6.45, 7) is 4.83. The van der Waals surface area contributed by atoms with Gasteiger partial charge in [-0.1, -0.05) is 18.2 Å². The molecule has 1 fully saturated rings. The van der Waals surface area contributed by atoms with Gasteiger partial charge in [0.15, 0.2) is 0 Å². The molecule has 1 saturated heterocycles. The van der Waals surface area contributed by atoms with E-state index in [9.17, 15) is 13.6 Å². The van der Waals surface area contributed by atoms with Gasteiger partial charge in [0.2, 0.25) is 5.91 Å². The molecule has 0 atom stereocenters. The molecule has 0 aliphatic carbocycles. The van der Waals surface area contributed by atoms with E-state index >= 15 is 0 Å². The van der Waals surface area contributed by atoms with E-state index < -0.39 is 11.6 Å². The predicted octanol–water partition coefficient (Wildman–Crippen LogP) is 4.28. The maximum atomic E-state index is 14.2. The van der Waals surface area contributed by atoms with E-state index in [1.54, 1.807) is 4.90 Å². The molecule has 29 heavy (non-hydrogen) atoms. The van der Waals surface area contributed by atoms with Crippen LogP contribution in [0.25, 0.3) is 0 Å². The number of halogens is 2. The highest BCUT2D eigenvalue weighted by atomic mass is 19.1. The first kappa shape index (κ1) is 21.2. The van der Waals surface area contributed by atoms with Gasteiger partial charge in [0, 0.05) is 31.1 Å². The molecule has 0 saturated carbocycles. The molecule has 1 heterocycles. The molecule has 0 radical (unpaired) electrons. The van der Waals surface area contributed by atoms with Crippen molar-refractivity contribution in [1.82, 2.24) is 10.2 Å². The first-order valence-electron chi connectivity index (χ1n) is 10.2. The van der Waals surface area contributed by atoms with Crippen molar-refractivity contribution in [2.45, 2.75) is 39.3 Å². The molecule has 0 aromatic heterocycles. The molecule has 156 valence electrons. The number of nitrogens with one attached hydrogen (secondary N) is 1. The van der Waals surface area contributed by atoms with Crippen LogP contribution in [-0.2, 0) is 17.9 Å². The van der Waals surface area contributed by atoms with Crippen molar-refractivity contribution in [1.29, 1.82) is 0 Å². The number of ether oxygens (including phenoxy) is 1. The fraction of sp³-hybridized carbons (Fsp3) is 0.435. The molecule has 1 N–H and O–H groups in total. The van der Waals surface area contributed by atoms with Crippen molar-refractivity contribution >= 4 is 5.91 Å². The molecular formula is C23H28F2N2O2. The van der Waals surface area contributed by atoms with Crippen molar-refractivity contribution in [2.24, 2.45) is 5.92 Å². The van der Waals surface area contributed by atoms with Gasteiger partial charge in [-0.25, -0.2) is 8.78 Å². The number of carbonyl (C=O) groups is 1. The van der Waals surface area contributed by atoms with Crippen LogP contribution in [0.15, 0.2) is 42.5 Å². The molecule has 0 unspecified atom stereocenters. The average Bonchev–Trinajstić information content (AvgIpc) is 2.71. The molecule has 1 amide bonds. The summed E-state index contributed by atoms with van der Waals surface area (Å²) in [5.41, 5.74) is 1.26. The number of rotatable bonds is 8. The number of amides is 1. The molecule has 2 aromatic carbocycles. The molecule has 2 aromatic rings. The van der Waals surface area contributed by atoms with Crippen LogP contribution >= 0.6 is 0 Å². The van der Waals surface area contributed by atoms with Crippen molar-refractivity contribution in [2.75, 3.05) is 19.7 Å². The van der Waals surface area contributed by atoms with Crippen molar-refractivity contribution in [3.63, 3.8) is 0 Å². The monoisotopic (exact) mass is 402 g/mol. The fourth-order valence-corrected chi connectivity index (χ4v) is 3.63. The normalized spacial score (nSPS) is 14.6. The highest BCUT2D eigenvalue weighted by Crippen LogP contribution is 2.21. The second-order valence-corrected chi connectivity index (χ2v) is 7.46. The van der Waals surface area contributed by atoms with Gasteiger partial charge in [-0.2, -0.15) is 0 Å². The van der Waals surface area contributed by atoms with Crippen LogP contribution in [0.5, 0.6) is 5.75 Å². The van der Waals surface area contributed by atoms with Gasteiger partial charge in [0.25, 0.3) is 0 Å². The van der Waals surface area contributed by atoms with E-state index in [0.29, 0.717) is 31.1 Å². The van der Waals surface area contributed by atoms with Gasteiger partial charge in [-0.05, 0) is 62.5 Å². The lowest BCUT2D eigenvalue weighted by Gasteiger charge is -2.28. The number of carbonyl (C=O) groups excluding carboxylic acids is 1. The first-order chi connectivity index (χ1) is 14.0. The van der Waals surface area contributed by atoms with E-state index in [0.717, 1.165) is 43.3 Å². The smallest absolute Gasteiger partial charge is 0.223 e. The third-order valence-corrected chi connectivity index (χ3v) is 5.26. The summed E-state index contributed by atoms with van der Waals surface area (Å²) in [6.07, 6.45) is 2.38. The zero-order chi connectivity index (χ0) is 20.6. The molecule has 1 aliphatic rings. The Labute approximate surface area is 170 Å². The summed E-state index contributed by atoms with van der Waals surface area (Å²) < 4.78 is 32.9. The fourth-order valence-electron chi connectivity index (χ4n) is 3.63. The summed E-state index contributed by atoms with van der Waals surface area (Å²) in [7, 11) is 0. The molecule has 0 spiro atoms. The molecule has 4 nitrogen and oxygen atoms in total. The molecule has 3 rings (SSSR count). The second-order valence-electron chi connectivity index (χ2n) is 7.46. The average molecular weight is 402 g/mol. The van der Waals surface area contributed by atoms with Gasteiger partial charge in [0.1, 0.15) is 17.4 Å². The van der Waals surface area contributed by atoms with Crippen molar-refractivity contribution in [3.8, 4) is 5.75 Å². The second kappa shape index (κ2) is 10.3. The maximum Gasteiger partial charge on any atom is 0.223 e. The molecule has 6 heteroatoms. The topological polar surface area (TPSA) is 41.6 Å². The quantitative estimate of drug-likeness (QED) is 0.717. The minimum Gasteiger partial charge on any atom is -0.494 e. The summed E-state index contributed by atoms with van der Waals surface area (Å²) >= 11 is 0. The number of hydrogen-bond donors (Lipinski definition) is 1. The number of piperidine rings is 1. The lowest BCUT2D eigenvalue weighted by Crippen LogP contribution is -2.35. The van der Waals surface area contributed by atoms with Gasteiger partial charge in [0.05, 0.1) is 6.61 Å². The van der Waals surface area contributed by atoms with Crippen LogP contribution in [0.2, 0.25) is 0 Å². The number of nitrogens with zero attached hydrogens (tertiary/aromatic N) is 1. The Hall–Kier alpha value is -2.47. The molecule has 0 bridgehead atoms. The van der Waals surface area contributed by atoms with E-state index in [1.165, 1.54) is 12.1 Å². The third kappa shape index (κ3) is 6.26. The van der Waals surface area contributed by atoms with Gasteiger partial charge < -0.3 is 15.0 Å². The largest absolute Gasteiger partial charge is 0.494 e. The minimum atomic E-state index is -0.628. The van der Waals surface area contributed by atoms with Crippen LogP contribution in [0.4, 0.5) is 8.78 Å². The summed E-state index contributed by atoms with van der Waals surface area (Å²) in [5, 5.41) is 3.30. The summed E-state index contributed by atoms with van der Waals surface area (Å²) in [6, 6.07) is 11.1. The highest BCUT2D eigenvalue weighted by molar-refractivity contribution is 5.76. The zero-order valence-corrected chi connectivity index (χ0v) is 16.8. The Morgan fingerprint density at radius 3 is 2.48 bits per heavy atom. The van der Waals surface area contributed by atoms with Crippen molar-refractivity contribution < 1.29 is 18.3 Å². The first-order valence-corrected chi connectivity index (χ1v) is 10.2. The molecular weight excluding hydrogens is 374 g/mol. The van der Waals surface area contributed by atoms with Gasteiger partial charge >= 0.3 is 0 Å². The van der Waals surface area contributed by atoms with Gasteiger partial charge in [-0.15, -0.1) is 0 Å². The van der Waals surface area contributed by atoms with Gasteiger partial charge in [-0.3, -0.25) is 4.79 Å². The number of benzene rings is 2. The molecule has 1 aliphatic heterocycles. The SMILES string of the molecule is CCOc1ccc(CN(Cc2ccc(F)cc2F)C(=O)CC2CCNCC2)cc1. The Morgan fingerprint density at radius 1 is 1.10 bits per heavy atom. The third-order valence-electron chi connectivity index (χ3n) is 5.26. The lowest BCUT2D eigenvalue weighted by molar-refractivity contribution is -0.133. The zero-order valence-electron chi connectivity index (χ0n) is 16.8. The Kier molecular flexibility index (Phi) is 7.58. The van der Waals surface area contributed by atoms with Crippen LogP contribution in [0.3, 0.4) is 0 Å². The maximum absolute atomic E-state index is 14.2.